The van der Waals surface area contributed by atoms with Gasteiger partial charge in [-0.05, 0) is 12.3 Å². The van der Waals surface area contributed by atoms with Crippen LogP contribution in [0.3, 0.4) is 0 Å². The van der Waals surface area contributed by atoms with E-state index >= 15 is 0 Å². The molecule has 1 heterocycles. The molecule has 2 unspecified atom stereocenters. The van der Waals surface area contributed by atoms with Crippen LogP contribution in [0.25, 0.3) is 0 Å². The van der Waals surface area contributed by atoms with E-state index in [1.165, 1.54) is 0 Å². The summed E-state index contributed by atoms with van der Waals surface area (Å²) in [5.74, 6) is 0.139. The van der Waals surface area contributed by atoms with Gasteiger partial charge in [0.2, 0.25) is 0 Å². The molecule has 2 atom stereocenters. The van der Waals surface area contributed by atoms with Gasteiger partial charge in [0, 0.05) is 12.3 Å². The molecule has 0 fully saturated rings. The van der Waals surface area contributed by atoms with Gasteiger partial charge in [0.15, 0.2) is 6.17 Å². The van der Waals surface area contributed by atoms with Crippen molar-refractivity contribution in [2.45, 2.75) is 32.6 Å². The first-order chi connectivity index (χ1) is 5.95. The van der Waals surface area contributed by atoms with E-state index in [4.69, 9.17) is 0 Å². The summed E-state index contributed by atoms with van der Waals surface area (Å²) in [6.45, 7) is 4.09. The Morgan fingerprint density at radius 2 is 2.23 bits per heavy atom. The van der Waals surface area contributed by atoms with Crippen LogP contribution in [0.1, 0.15) is 20.3 Å². The number of nitrogens with one attached hydrogen (secondary N) is 1. The molecule has 1 aliphatic heterocycles. The van der Waals surface area contributed by atoms with Gasteiger partial charge in [0.25, 0.3) is 0 Å². The Bertz CT molecular complexity index is 210. The lowest BCUT2D eigenvalue weighted by molar-refractivity contribution is -0.151. The Balaban J connectivity index is 2.64. The number of alkyl halides is 3. The molecule has 13 heavy (non-hydrogen) atoms. The Morgan fingerprint density at radius 3 is 2.62 bits per heavy atom. The maximum absolute atomic E-state index is 12.1. The Hall–Kier alpha value is -0.580. The van der Waals surface area contributed by atoms with Crippen molar-refractivity contribution in [1.29, 1.82) is 0 Å². The molecule has 0 spiro atoms. The van der Waals surface area contributed by atoms with Crippen molar-refractivity contribution >= 4 is 5.71 Å². The fourth-order valence-electron chi connectivity index (χ4n) is 1.18. The highest BCUT2D eigenvalue weighted by Crippen LogP contribution is 2.24. The molecule has 2 nitrogen and oxygen atoms in total. The molecule has 5 heteroatoms. The molecule has 0 aromatic rings. The highest BCUT2D eigenvalue weighted by atomic mass is 19.4. The summed E-state index contributed by atoms with van der Waals surface area (Å²) in [7, 11) is 0. The van der Waals surface area contributed by atoms with Crippen LogP contribution in [-0.4, -0.2) is 24.6 Å². The first-order valence-corrected chi connectivity index (χ1v) is 4.31. The van der Waals surface area contributed by atoms with Gasteiger partial charge < -0.3 is 0 Å². The Labute approximate surface area is 75.2 Å². The minimum atomic E-state index is -4.25. The highest BCUT2D eigenvalue weighted by Gasteiger charge is 2.42. The van der Waals surface area contributed by atoms with Crippen LogP contribution in [0.2, 0.25) is 0 Å². The Morgan fingerprint density at radius 1 is 1.62 bits per heavy atom. The molecular formula is C8H13F3N2. The zero-order valence-corrected chi connectivity index (χ0v) is 7.65. The normalized spacial score (nSPS) is 25.9. The zero-order valence-electron chi connectivity index (χ0n) is 7.65. The van der Waals surface area contributed by atoms with Crippen LogP contribution in [0.15, 0.2) is 4.99 Å². The van der Waals surface area contributed by atoms with Crippen molar-refractivity contribution in [3.63, 3.8) is 0 Å². The first kappa shape index (κ1) is 10.5. The van der Waals surface area contributed by atoms with Gasteiger partial charge in [0.05, 0.1) is 0 Å². The second-order valence-electron chi connectivity index (χ2n) is 3.25. The summed E-state index contributed by atoms with van der Waals surface area (Å²) in [6.07, 6.45) is -5.11. The van der Waals surface area contributed by atoms with Gasteiger partial charge in [-0.25, -0.2) is 0 Å². The van der Waals surface area contributed by atoms with Gasteiger partial charge in [0.1, 0.15) is 0 Å². The second-order valence-corrected chi connectivity index (χ2v) is 3.25. The van der Waals surface area contributed by atoms with E-state index in [0.717, 1.165) is 6.42 Å². The van der Waals surface area contributed by atoms with Crippen LogP contribution in [0.5, 0.6) is 0 Å². The first-order valence-electron chi connectivity index (χ1n) is 4.31. The lowest BCUT2D eigenvalue weighted by atomic mass is 10.0. The monoisotopic (exact) mass is 194 g/mol. The molecule has 0 aromatic heterocycles. The average Bonchev–Trinajstić information content (AvgIpc) is 2.50. The summed E-state index contributed by atoms with van der Waals surface area (Å²) in [5, 5.41) is 2.33. The Kier molecular flexibility index (Phi) is 2.95. The van der Waals surface area contributed by atoms with Crippen molar-refractivity contribution in [2.75, 3.05) is 6.54 Å². The molecule has 0 radical (unpaired) electrons. The number of hydrogen-bond acceptors (Lipinski definition) is 2. The van der Waals surface area contributed by atoms with Gasteiger partial charge in [-0.1, -0.05) is 13.8 Å². The van der Waals surface area contributed by atoms with Crippen LogP contribution in [0.4, 0.5) is 13.2 Å². The summed E-state index contributed by atoms with van der Waals surface area (Å²) in [6, 6.07) is 0. The van der Waals surface area contributed by atoms with Crippen molar-refractivity contribution in [3.8, 4) is 0 Å². The summed E-state index contributed by atoms with van der Waals surface area (Å²) in [4.78, 5) is 3.61. The molecule has 0 saturated heterocycles. The number of halogens is 3. The number of hydrogen-bond donors (Lipinski definition) is 1. The lowest BCUT2D eigenvalue weighted by Gasteiger charge is -2.11. The minimum Gasteiger partial charge on any atom is -0.283 e. The summed E-state index contributed by atoms with van der Waals surface area (Å²) in [5.41, 5.74) is 0.629. The van der Waals surface area contributed by atoms with E-state index in [1.807, 2.05) is 13.8 Å². The third kappa shape index (κ3) is 2.43. The molecule has 0 bridgehead atoms. The second kappa shape index (κ2) is 3.65. The molecule has 0 amide bonds. The van der Waals surface area contributed by atoms with Crippen molar-refractivity contribution in [2.24, 2.45) is 10.9 Å². The third-order valence-electron chi connectivity index (χ3n) is 2.26. The van der Waals surface area contributed by atoms with E-state index in [1.54, 1.807) is 0 Å². The van der Waals surface area contributed by atoms with Crippen LogP contribution in [-0.2, 0) is 0 Å². The predicted octanol–water partition coefficient (Wildman–Crippen LogP) is 1.97. The highest BCUT2D eigenvalue weighted by molar-refractivity contribution is 5.89. The van der Waals surface area contributed by atoms with Gasteiger partial charge in [-0.2, -0.15) is 13.2 Å². The molecular weight excluding hydrogens is 181 g/mol. The molecule has 0 saturated carbocycles. The number of rotatable bonds is 2. The van der Waals surface area contributed by atoms with Crippen molar-refractivity contribution in [3.05, 3.63) is 0 Å². The van der Waals surface area contributed by atoms with E-state index in [0.29, 0.717) is 5.71 Å². The molecule has 1 rings (SSSR count). The van der Waals surface area contributed by atoms with E-state index in [-0.39, 0.29) is 12.5 Å². The number of nitrogens with zero attached hydrogens (tertiary/aromatic N) is 1. The van der Waals surface area contributed by atoms with Gasteiger partial charge in [-0.3, -0.25) is 10.3 Å². The smallest absolute Gasteiger partial charge is 0.283 e. The van der Waals surface area contributed by atoms with E-state index < -0.39 is 12.3 Å². The third-order valence-corrected chi connectivity index (χ3v) is 2.26. The van der Waals surface area contributed by atoms with Crippen molar-refractivity contribution in [1.82, 2.24) is 5.32 Å². The van der Waals surface area contributed by atoms with Gasteiger partial charge >= 0.3 is 6.18 Å². The molecule has 0 aromatic carbocycles. The fourth-order valence-corrected chi connectivity index (χ4v) is 1.18. The van der Waals surface area contributed by atoms with Crippen LogP contribution < -0.4 is 5.32 Å². The van der Waals surface area contributed by atoms with Crippen molar-refractivity contribution < 1.29 is 13.2 Å². The molecule has 76 valence electrons. The lowest BCUT2D eigenvalue weighted by Crippen LogP contribution is -2.37. The SMILES string of the molecule is CCC(C)C1=NC(C(F)(F)F)NC1. The maximum atomic E-state index is 12.1. The standard InChI is InChI=1S/C8H13F3N2/c1-3-5(2)6-4-12-7(13-6)8(9,10)11/h5,7,12H,3-4H2,1-2H3. The molecule has 0 aliphatic carbocycles. The van der Waals surface area contributed by atoms with Crippen LogP contribution in [0, 0.1) is 5.92 Å². The average molecular weight is 194 g/mol. The van der Waals surface area contributed by atoms with E-state index in [2.05, 4.69) is 10.3 Å². The number of aliphatic imine (C=N–C) groups is 1. The van der Waals surface area contributed by atoms with Crippen LogP contribution >= 0.6 is 0 Å². The van der Waals surface area contributed by atoms with E-state index in [9.17, 15) is 13.2 Å². The summed E-state index contributed by atoms with van der Waals surface area (Å²) < 4.78 is 36.4. The summed E-state index contributed by atoms with van der Waals surface area (Å²) >= 11 is 0. The molecule has 1 aliphatic rings. The largest absolute Gasteiger partial charge is 0.424 e. The van der Waals surface area contributed by atoms with Gasteiger partial charge in [-0.15, -0.1) is 0 Å². The quantitative estimate of drug-likeness (QED) is 0.714. The zero-order chi connectivity index (χ0) is 10.1. The molecule has 1 N–H and O–H groups in total. The predicted molar refractivity (Wildman–Crippen MR) is 44.7 cm³/mol. The topological polar surface area (TPSA) is 24.4 Å². The maximum Gasteiger partial charge on any atom is 0.424 e. The fraction of sp³-hybridized carbons (Fsp3) is 0.875. The minimum absolute atomic E-state index is 0.139.